The largest absolute Gasteiger partial charge is 0.383 e. The molecule has 2 amide bonds. The number of benzene rings is 1. The Morgan fingerprint density at radius 3 is 2.47 bits per heavy atom. The molecule has 0 aromatic heterocycles. The number of ether oxygens (including phenoxy) is 1. The molecule has 1 aromatic rings. The molecule has 1 rings (SSSR count). The Bertz CT molecular complexity index is 371. The zero-order valence-corrected chi connectivity index (χ0v) is 10.8. The van der Waals surface area contributed by atoms with Crippen molar-refractivity contribution >= 4 is 11.7 Å². The maximum Gasteiger partial charge on any atom is 0.319 e. The summed E-state index contributed by atoms with van der Waals surface area (Å²) in [7, 11) is 1.61. The van der Waals surface area contributed by atoms with Crippen molar-refractivity contribution in [1.29, 1.82) is 0 Å². The third-order valence-electron chi connectivity index (χ3n) is 2.51. The van der Waals surface area contributed by atoms with Gasteiger partial charge in [0.1, 0.15) is 0 Å². The lowest BCUT2D eigenvalue weighted by Gasteiger charge is -2.16. The summed E-state index contributed by atoms with van der Waals surface area (Å²) < 4.78 is 4.96. The number of aryl methyl sites for hydroxylation is 2. The molecule has 0 spiro atoms. The van der Waals surface area contributed by atoms with Gasteiger partial charge in [0.15, 0.2) is 0 Å². The second-order valence-corrected chi connectivity index (χ2v) is 4.22. The molecular formula is C13H20N2O2. The van der Waals surface area contributed by atoms with Crippen LogP contribution in [0.15, 0.2) is 18.2 Å². The van der Waals surface area contributed by atoms with Crippen LogP contribution in [0, 0.1) is 13.8 Å². The summed E-state index contributed by atoms with van der Waals surface area (Å²) in [5, 5.41) is 5.67. The number of carbonyl (C=O) groups excluding carboxylic acids is 1. The Balaban J connectivity index is 2.62. The highest BCUT2D eigenvalue weighted by Gasteiger charge is 2.09. The molecule has 1 aromatic carbocycles. The number of urea groups is 1. The van der Waals surface area contributed by atoms with E-state index in [-0.39, 0.29) is 12.1 Å². The summed E-state index contributed by atoms with van der Waals surface area (Å²) in [6.45, 7) is 6.34. The van der Waals surface area contributed by atoms with Crippen molar-refractivity contribution in [3.8, 4) is 0 Å². The quantitative estimate of drug-likeness (QED) is 0.843. The monoisotopic (exact) mass is 236 g/mol. The molecule has 1 atom stereocenters. The number of methoxy groups -OCH3 is 1. The summed E-state index contributed by atoms with van der Waals surface area (Å²) >= 11 is 0. The van der Waals surface area contributed by atoms with Gasteiger partial charge in [-0.25, -0.2) is 4.79 Å². The van der Waals surface area contributed by atoms with Crippen LogP contribution in [0.1, 0.15) is 18.1 Å². The number of amides is 2. The third kappa shape index (κ3) is 4.07. The highest BCUT2D eigenvalue weighted by Crippen LogP contribution is 2.18. The first kappa shape index (κ1) is 13.5. The number of rotatable bonds is 4. The molecule has 0 saturated carbocycles. The van der Waals surface area contributed by atoms with Gasteiger partial charge in [-0.15, -0.1) is 0 Å². The summed E-state index contributed by atoms with van der Waals surface area (Å²) in [6.07, 6.45) is 0. The lowest BCUT2D eigenvalue weighted by molar-refractivity contribution is 0.173. The summed E-state index contributed by atoms with van der Waals surface area (Å²) in [5.41, 5.74) is 2.98. The van der Waals surface area contributed by atoms with Gasteiger partial charge < -0.3 is 15.4 Å². The smallest absolute Gasteiger partial charge is 0.319 e. The second kappa shape index (κ2) is 6.25. The van der Waals surface area contributed by atoms with Crippen LogP contribution in [-0.4, -0.2) is 25.8 Å². The molecular weight excluding hydrogens is 216 g/mol. The minimum atomic E-state index is -0.202. The van der Waals surface area contributed by atoms with Gasteiger partial charge in [-0.1, -0.05) is 18.2 Å². The zero-order chi connectivity index (χ0) is 12.8. The average Bonchev–Trinajstić information content (AvgIpc) is 2.24. The van der Waals surface area contributed by atoms with Crippen LogP contribution in [0.25, 0.3) is 0 Å². The number of para-hydroxylation sites is 1. The van der Waals surface area contributed by atoms with Crippen LogP contribution >= 0.6 is 0 Å². The van der Waals surface area contributed by atoms with Crippen LogP contribution in [-0.2, 0) is 4.74 Å². The van der Waals surface area contributed by atoms with Crippen LogP contribution < -0.4 is 10.6 Å². The lowest BCUT2D eigenvalue weighted by Crippen LogP contribution is -2.38. The normalized spacial score (nSPS) is 12.0. The average molecular weight is 236 g/mol. The van der Waals surface area contributed by atoms with Gasteiger partial charge in [0.2, 0.25) is 0 Å². The fourth-order valence-corrected chi connectivity index (χ4v) is 1.68. The van der Waals surface area contributed by atoms with Gasteiger partial charge in [0.25, 0.3) is 0 Å². The molecule has 0 aliphatic rings. The van der Waals surface area contributed by atoms with E-state index in [0.29, 0.717) is 6.61 Å². The molecule has 0 heterocycles. The lowest BCUT2D eigenvalue weighted by atomic mass is 10.1. The zero-order valence-electron chi connectivity index (χ0n) is 10.8. The first-order valence-electron chi connectivity index (χ1n) is 5.67. The van der Waals surface area contributed by atoms with Crippen LogP contribution in [0.5, 0.6) is 0 Å². The molecule has 1 unspecified atom stereocenters. The third-order valence-corrected chi connectivity index (χ3v) is 2.51. The Hall–Kier alpha value is -1.55. The summed E-state index contributed by atoms with van der Waals surface area (Å²) in [5.74, 6) is 0. The molecule has 0 saturated heterocycles. The van der Waals surface area contributed by atoms with Crippen molar-refractivity contribution < 1.29 is 9.53 Å². The number of hydrogen-bond donors (Lipinski definition) is 2. The maximum atomic E-state index is 11.7. The van der Waals surface area contributed by atoms with Crippen LogP contribution in [0.3, 0.4) is 0 Å². The van der Waals surface area contributed by atoms with E-state index in [1.165, 1.54) is 0 Å². The SMILES string of the molecule is COCC(C)NC(=O)Nc1c(C)cccc1C. The van der Waals surface area contributed by atoms with E-state index < -0.39 is 0 Å². The number of nitrogens with one attached hydrogen (secondary N) is 2. The van der Waals surface area contributed by atoms with Crippen molar-refractivity contribution in [1.82, 2.24) is 5.32 Å². The topological polar surface area (TPSA) is 50.4 Å². The fraction of sp³-hybridized carbons (Fsp3) is 0.462. The number of anilines is 1. The minimum absolute atomic E-state index is 0.00988. The molecule has 0 bridgehead atoms. The molecule has 0 radical (unpaired) electrons. The molecule has 17 heavy (non-hydrogen) atoms. The predicted molar refractivity (Wildman–Crippen MR) is 69.4 cm³/mol. The molecule has 94 valence electrons. The first-order valence-corrected chi connectivity index (χ1v) is 5.67. The molecule has 4 nitrogen and oxygen atoms in total. The Morgan fingerprint density at radius 2 is 1.94 bits per heavy atom. The van der Waals surface area contributed by atoms with Crippen LogP contribution in [0.4, 0.5) is 10.5 Å². The van der Waals surface area contributed by atoms with E-state index in [4.69, 9.17) is 4.74 Å². The van der Waals surface area contributed by atoms with Gasteiger partial charge in [0, 0.05) is 12.8 Å². The highest BCUT2D eigenvalue weighted by molar-refractivity contribution is 5.91. The molecule has 0 fully saturated rings. The van der Waals surface area contributed by atoms with E-state index in [2.05, 4.69) is 10.6 Å². The summed E-state index contributed by atoms with van der Waals surface area (Å²) in [4.78, 5) is 11.7. The molecule has 2 N–H and O–H groups in total. The molecule has 0 aliphatic carbocycles. The van der Waals surface area contributed by atoms with Gasteiger partial charge in [-0.3, -0.25) is 0 Å². The number of hydrogen-bond acceptors (Lipinski definition) is 2. The van der Waals surface area contributed by atoms with Gasteiger partial charge in [-0.2, -0.15) is 0 Å². The Morgan fingerprint density at radius 1 is 1.35 bits per heavy atom. The van der Waals surface area contributed by atoms with Crippen molar-refractivity contribution in [2.24, 2.45) is 0 Å². The van der Waals surface area contributed by atoms with Crippen molar-refractivity contribution in [2.75, 3.05) is 19.0 Å². The van der Waals surface area contributed by atoms with Gasteiger partial charge >= 0.3 is 6.03 Å². The first-order chi connectivity index (χ1) is 8.04. The van der Waals surface area contributed by atoms with E-state index >= 15 is 0 Å². The standard InChI is InChI=1S/C13H20N2O2/c1-9-6-5-7-10(2)12(9)15-13(16)14-11(3)8-17-4/h5-7,11H,8H2,1-4H3,(H2,14,15,16). The maximum absolute atomic E-state index is 11.7. The Kier molecular flexibility index (Phi) is 4.97. The highest BCUT2D eigenvalue weighted by atomic mass is 16.5. The van der Waals surface area contributed by atoms with E-state index in [9.17, 15) is 4.79 Å². The Labute approximate surface area is 102 Å². The van der Waals surface area contributed by atoms with E-state index in [1.807, 2.05) is 39.0 Å². The molecule has 0 aliphatic heterocycles. The number of carbonyl (C=O) groups is 1. The minimum Gasteiger partial charge on any atom is -0.383 e. The van der Waals surface area contributed by atoms with Crippen molar-refractivity contribution in [2.45, 2.75) is 26.8 Å². The van der Waals surface area contributed by atoms with Gasteiger partial charge in [-0.05, 0) is 31.9 Å². The fourth-order valence-electron chi connectivity index (χ4n) is 1.68. The van der Waals surface area contributed by atoms with Crippen LogP contribution in [0.2, 0.25) is 0 Å². The van der Waals surface area contributed by atoms with Crippen molar-refractivity contribution in [3.05, 3.63) is 29.3 Å². The molecule has 4 heteroatoms. The predicted octanol–water partition coefficient (Wildman–Crippen LogP) is 2.46. The van der Waals surface area contributed by atoms with E-state index in [1.54, 1.807) is 7.11 Å². The van der Waals surface area contributed by atoms with Crippen molar-refractivity contribution in [3.63, 3.8) is 0 Å². The summed E-state index contributed by atoms with van der Waals surface area (Å²) in [6, 6.07) is 5.71. The van der Waals surface area contributed by atoms with Gasteiger partial charge in [0.05, 0.1) is 12.6 Å². The second-order valence-electron chi connectivity index (χ2n) is 4.22. The van der Waals surface area contributed by atoms with E-state index in [0.717, 1.165) is 16.8 Å².